The van der Waals surface area contributed by atoms with Crippen molar-refractivity contribution in [2.75, 3.05) is 11.9 Å². The first kappa shape index (κ1) is 12.0. The van der Waals surface area contributed by atoms with E-state index in [1.807, 2.05) is 25.1 Å². The summed E-state index contributed by atoms with van der Waals surface area (Å²) >= 11 is 0. The average Bonchev–Trinajstić information content (AvgIpc) is 2.38. The molecule has 2 nitrogen and oxygen atoms in total. The lowest BCUT2D eigenvalue weighted by atomic mass is 10.1. The topological polar surface area (TPSA) is 21.3 Å². The quantitative estimate of drug-likeness (QED) is 0.842. The van der Waals surface area contributed by atoms with Gasteiger partial charge >= 0.3 is 0 Å². The third kappa shape index (κ3) is 2.26. The van der Waals surface area contributed by atoms with Gasteiger partial charge in [0.15, 0.2) is 0 Å². The Morgan fingerprint density at radius 2 is 1.89 bits per heavy atom. The lowest BCUT2D eigenvalue weighted by Gasteiger charge is -2.28. The van der Waals surface area contributed by atoms with Crippen LogP contribution in [0.1, 0.15) is 17.2 Å². The number of para-hydroxylation sites is 1. The monoisotopic (exact) mass is 261 g/mol. The number of anilines is 1. The molecule has 3 rings (SSSR count). The minimum absolute atomic E-state index is 0.390. The fraction of sp³-hybridized carbons (Fsp3) is 0.200. The van der Waals surface area contributed by atoms with Crippen molar-refractivity contribution < 1.29 is 13.5 Å². The molecule has 2 aromatic carbocycles. The fourth-order valence-electron chi connectivity index (χ4n) is 2.28. The van der Waals surface area contributed by atoms with Crippen LogP contribution in [0.4, 0.5) is 14.5 Å². The zero-order chi connectivity index (χ0) is 13.4. The van der Waals surface area contributed by atoms with Crippen molar-refractivity contribution in [3.63, 3.8) is 0 Å². The first-order valence-electron chi connectivity index (χ1n) is 6.09. The highest BCUT2D eigenvalue weighted by Crippen LogP contribution is 2.36. The molecule has 1 atom stereocenters. The number of benzene rings is 2. The lowest BCUT2D eigenvalue weighted by Crippen LogP contribution is -2.24. The number of nitrogens with one attached hydrogen (secondary N) is 1. The Labute approximate surface area is 110 Å². The molecule has 4 heteroatoms. The molecule has 1 aliphatic rings. The van der Waals surface area contributed by atoms with Crippen LogP contribution >= 0.6 is 0 Å². The van der Waals surface area contributed by atoms with Crippen LogP contribution in [-0.4, -0.2) is 6.54 Å². The van der Waals surface area contributed by atoms with Crippen LogP contribution in [0.15, 0.2) is 36.4 Å². The van der Waals surface area contributed by atoms with Crippen molar-refractivity contribution in [2.24, 2.45) is 0 Å². The van der Waals surface area contributed by atoms with Gasteiger partial charge in [0.1, 0.15) is 23.5 Å². The number of aryl methyl sites for hydroxylation is 1. The Morgan fingerprint density at radius 1 is 1.16 bits per heavy atom. The van der Waals surface area contributed by atoms with Crippen molar-refractivity contribution in [3.05, 3.63) is 59.2 Å². The van der Waals surface area contributed by atoms with E-state index in [1.165, 1.54) is 12.1 Å². The van der Waals surface area contributed by atoms with Gasteiger partial charge in [-0.05, 0) is 36.2 Å². The molecular weight excluding hydrogens is 248 g/mol. The van der Waals surface area contributed by atoms with Crippen LogP contribution in [0.5, 0.6) is 5.75 Å². The molecule has 0 bridgehead atoms. The minimum atomic E-state index is -0.589. The van der Waals surface area contributed by atoms with Gasteiger partial charge < -0.3 is 10.1 Å². The van der Waals surface area contributed by atoms with Gasteiger partial charge in [-0.25, -0.2) is 8.78 Å². The molecule has 1 unspecified atom stereocenters. The van der Waals surface area contributed by atoms with Gasteiger partial charge in [0, 0.05) is 6.07 Å². The van der Waals surface area contributed by atoms with Gasteiger partial charge in [0.2, 0.25) is 0 Å². The zero-order valence-corrected chi connectivity index (χ0v) is 10.4. The number of hydrogen-bond donors (Lipinski definition) is 1. The maximum atomic E-state index is 13.2. The number of fused-ring (bicyclic) bond motifs is 1. The highest BCUT2D eigenvalue weighted by Gasteiger charge is 2.22. The van der Waals surface area contributed by atoms with Gasteiger partial charge in [0.25, 0.3) is 0 Å². The summed E-state index contributed by atoms with van der Waals surface area (Å²) in [7, 11) is 0. The Balaban J connectivity index is 1.95. The lowest BCUT2D eigenvalue weighted by molar-refractivity contribution is 0.208. The fourth-order valence-corrected chi connectivity index (χ4v) is 2.28. The first-order valence-corrected chi connectivity index (χ1v) is 6.09. The van der Waals surface area contributed by atoms with E-state index in [2.05, 4.69) is 5.32 Å². The minimum Gasteiger partial charge on any atom is -0.481 e. The number of rotatable bonds is 1. The Morgan fingerprint density at radius 3 is 2.63 bits per heavy atom. The molecule has 0 fully saturated rings. The molecule has 0 amide bonds. The van der Waals surface area contributed by atoms with Crippen molar-refractivity contribution in [3.8, 4) is 5.75 Å². The Bertz CT molecular complexity index is 607. The van der Waals surface area contributed by atoms with E-state index in [0.29, 0.717) is 12.1 Å². The molecule has 0 saturated carbocycles. The van der Waals surface area contributed by atoms with E-state index in [-0.39, 0.29) is 0 Å². The summed E-state index contributed by atoms with van der Waals surface area (Å²) in [6.45, 7) is 2.42. The second kappa shape index (κ2) is 4.53. The van der Waals surface area contributed by atoms with Crippen molar-refractivity contribution in [1.82, 2.24) is 0 Å². The standard InChI is InChI=1S/C15H13F2NO/c1-9-3-2-4-13-15(9)19-14(8-18-13)10-5-11(16)7-12(17)6-10/h2-7,14,18H,8H2,1H3. The first-order chi connectivity index (χ1) is 9.13. The Hall–Kier alpha value is -2.10. The second-order valence-corrected chi connectivity index (χ2v) is 4.64. The van der Waals surface area contributed by atoms with E-state index in [9.17, 15) is 8.78 Å². The Kier molecular flexibility index (Phi) is 2.85. The summed E-state index contributed by atoms with van der Waals surface area (Å²) < 4.78 is 32.3. The molecule has 19 heavy (non-hydrogen) atoms. The van der Waals surface area contributed by atoms with Crippen LogP contribution < -0.4 is 10.1 Å². The van der Waals surface area contributed by atoms with Gasteiger partial charge in [-0.2, -0.15) is 0 Å². The predicted octanol–water partition coefficient (Wildman–Crippen LogP) is 3.82. The third-order valence-corrected chi connectivity index (χ3v) is 3.21. The van der Waals surface area contributed by atoms with Crippen molar-refractivity contribution >= 4 is 5.69 Å². The van der Waals surface area contributed by atoms with E-state index >= 15 is 0 Å². The summed E-state index contributed by atoms with van der Waals surface area (Å²) in [5.74, 6) is -0.438. The molecule has 1 aliphatic heterocycles. The summed E-state index contributed by atoms with van der Waals surface area (Å²) in [6.07, 6.45) is -0.390. The maximum Gasteiger partial charge on any atom is 0.146 e. The largest absolute Gasteiger partial charge is 0.481 e. The predicted molar refractivity (Wildman–Crippen MR) is 69.4 cm³/mol. The van der Waals surface area contributed by atoms with E-state index < -0.39 is 17.7 Å². The third-order valence-electron chi connectivity index (χ3n) is 3.21. The van der Waals surface area contributed by atoms with Gasteiger partial charge in [0.05, 0.1) is 12.2 Å². The summed E-state index contributed by atoms with van der Waals surface area (Å²) in [5.41, 5.74) is 2.40. The number of halogens is 2. The van der Waals surface area contributed by atoms with Crippen LogP contribution in [0, 0.1) is 18.6 Å². The molecule has 0 aromatic heterocycles. The summed E-state index contributed by atoms with van der Waals surface area (Å²) in [6, 6.07) is 9.27. The molecule has 98 valence electrons. The van der Waals surface area contributed by atoms with Crippen LogP contribution in [0.2, 0.25) is 0 Å². The smallest absolute Gasteiger partial charge is 0.146 e. The zero-order valence-electron chi connectivity index (χ0n) is 10.4. The summed E-state index contributed by atoms with van der Waals surface area (Å²) in [5, 5.41) is 3.22. The normalized spacial score (nSPS) is 17.3. The highest BCUT2D eigenvalue weighted by atomic mass is 19.1. The highest BCUT2D eigenvalue weighted by molar-refractivity contribution is 5.61. The number of hydrogen-bond acceptors (Lipinski definition) is 2. The molecular formula is C15H13F2NO. The van der Waals surface area contributed by atoms with E-state index in [4.69, 9.17) is 4.74 Å². The van der Waals surface area contributed by atoms with Crippen LogP contribution in [0.25, 0.3) is 0 Å². The molecule has 0 saturated heterocycles. The molecule has 1 N–H and O–H groups in total. The van der Waals surface area contributed by atoms with Gasteiger partial charge in [-0.15, -0.1) is 0 Å². The van der Waals surface area contributed by atoms with E-state index in [1.54, 1.807) is 0 Å². The van der Waals surface area contributed by atoms with Gasteiger partial charge in [-0.1, -0.05) is 12.1 Å². The molecule has 0 spiro atoms. The second-order valence-electron chi connectivity index (χ2n) is 4.64. The average molecular weight is 261 g/mol. The van der Waals surface area contributed by atoms with Crippen molar-refractivity contribution in [2.45, 2.75) is 13.0 Å². The molecule has 2 aromatic rings. The maximum absolute atomic E-state index is 13.2. The van der Waals surface area contributed by atoms with E-state index in [0.717, 1.165) is 23.1 Å². The summed E-state index contributed by atoms with van der Waals surface area (Å²) in [4.78, 5) is 0. The van der Waals surface area contributed by atoms with Crippen molar-refractivity contribution in [1.29, 1.82) is 0 Å². The van der Waals surface area contributed by atoms with Crippen LogP contribution in [-0.2, 0) is 0 Å². The number of ether oxygens (including phenoxy) is 1. The van der Waals surface area contributed by atoms with Gasteiger partial charge in [-0.3, -0.25) is 0 Å². The molecule has 0 aliphatic carbocycles. The molecule has 0 radical (unpaired) electrons. The van der Waals surface area contributed by atoms with Crippen LogP contribution in [0.3, 0.4) is 0 Å². The molecule has 1 heterocycles. The SMILES string of the molecule is Cc1cccc2c1OC(c1cc(F)cc(F)c1)CN2.